The minimum absolute atomic E-state index is 0.0471. The maximum absolute atomic E-state index is 12.5. The van der Waals surface area contributed by atoms with Crippen molar-refractivity contribution in [2.24, 2.45) is 13.0 Å². The second kappa shape index (κ2) is 5.89. The summed E-state index contributed by atoms with van der Waals surface area (Å²) in [6, 6.07) is 9.51. The van der Waals surface area contributed by atoms with Crippen molar-refractivity contribution < 1.29 is 4.52 Å². The Morgan fingerprint density at radius 1 is 1.25 bits per heavy atom. The van der Waals surface area contributed by atoms with Gasteiger partial charge in [-0.3, -0.25) is 4.79 Å². The van der Waals surface area contributed by atoms with E-state index in [1.54, 1.807) is 11.6 Å². The third-order valence-electron chi connectivity index (χ3n) is 5.11. The predicted octanol–water partition coefficient (Wildman–Crippen LogP) is 3.88. The average molecular weight is 323 g/mol. The van der Waals surface area contributed by atoms with Gasteiger partial charge >= 0.3 is 0 Å². The van der Waals surface area contributed by atoms with Crippen molar-refractivity contribution >= 4 is 10.8 Å². The Labute approximate surface area is 140 Å². The number of benzene rings is 1. The number of rotatable bonds is 2. The highest BCUT2D eigenvalue weighted by Crippen LogP contribution is 2.35. The molecule has 0 amide bonds. The van der Waals surface area contributed by atoms with Crippen LogP contribution in [0.4, 0.5) is 0 Å². The van der Waals surface area contributed by atoms with Crippen molar-refractivity contribution in [1.29, 1.82) is 0 Å². The van der Waals surface area contributed by atoms with Crippen molar-refractivity contribution in [3.8, 4) is 11.6 Å². The summed E-state index contributed by atoms with van der Waals surface area (Å²) < 4.78 is 7.09. The zero-order chi connectivity index (χ0) is 16.7. The van der Waals surface area contributed by atoms with Gasteiger partial charge in [-0.15, -0.1) is 0 Å². The van der Waals surface area contributed by atoms with Crippen LogP contribution in [-0.2, 0) is 7.05 Å². The molecule has 2 aromatic heterocycles. The van der Waals surface area contributed by atoms with E-state index in [9.17, 15) is 4.79 Å². The second-order valence-electron chi connectivity index (χ2n) is 6.91. The Morgan fingerprint density at radius 3 is 2.92 bits per heavy atom. The van der Waals surface area contributed by atoms with E-state index in [2.05, 4.69) is 17.1 Å². The molecule has 1 aliphatic carbocycles. The van der Waals surface area contributed by atoms with E-state index in [0.29, 0.717) is 28.8 Å². The first-order chi connectivity index (χ1) is 11.6. The molecule has 5 heteroatoms. The highest BCUT2D eigenvalue weighted by molar-refractivity contribution is 5.84. The third-order valence-corrected chi connectivity index (χ3v) is 5.11. The van der Waals surface area contributed by atoms with E-state index in [0.717, 1.165) is 24.1 Å². The summed E-state index contributed by atoms with van der Waals surface area (Å²) in [7, 11) is 1.75. The number of pyridine rings is 1. The topological polar surface area (TPSA) is 60.9 Å². The fraction of sp³-hybridized carbons (Fsp3) is 0.421. The zero-order valence-corrected chi connectivity index (χ0v) is 14.0. The minimum Gasteiger partial charge on any atom is -0.332 e. The van der Waals surface area contributed by atoms with Crippen molar-refractivity contribution in [1.82, 2.24) is 14.7 Å². The first kappa shape index (κ1) is 15.1. The van der Waals surface area contributed by atoms with Gasteiger partial charge in [-0.2, -0.15) is 4.98 Å². The van der Waals surface area contributed by atoms with E-state index < -0.39 is 0 Å². The van der Waals surface area contributed by atoms with Gasteiger partial charge in [0.25, 0.3) is 11.4 Å². The molecule has 0 spiro atoms. The average Bonchev–Trinajstić information content (AvgIpc) is 3.08. The summed E-state index contributed by atoms with van der Waals surface area (Å²) in [6.07, 6.45) is 4.71. The van der Waals surface area contributed by atoms with Crippen LogP contribution in [0.25, 0.3) is 22.4 Å². The van der Waals surface area contributed by atoms with Gasteiger partial charge in [-0.05, 0) is 36.3 Å². The van der Waals surface area contributed by atoms with Gasteiger partial charge in [0, 0.05) is 18.4 Å². The molecule has 0 saturated heterocycles. The fourth-order valence-electron chi connectivity index (χ4n) is 3.73. The molecule has 5 nitrogen and oxygen atoms in total. The van der Waals surface area contributed by atoms with E-state index in [1.165, 1.54) is 12.8 Å². The van der Waals surface area contributed by atoms with Gasteiger partial charge in [0.2, 0.25) is 0 Å². The monoisotopic (exact) mass is 323 g/mol. The first-order valence-corrected chi connectivity index (χ1v) is 8.56. The van der Waals surface area contributed by atoms with Crippen molar-refractivity contribution in [2.75, 3.05) is 0 Å². The van der Waals surface area contributed by atoms with Gasteiger partial charge in [0.15, 0.2) is 5.82 Å². The number of aromatic nitrogens is 3. The van der Waals surface area contributed by atoms with Crippen LogP contribution in [0.1, 0.15) is 44.3 Å². The Balaban J connectivity index is 1.76. The quantitative estimate of drug-likeness (QED) is 0.718. The number of nitrogens with zero attached hydrogens (tertiary/aromatic N) is 3. The molecule has 0 N–H and O–H groups in total. The van der Waals surface area contributed by atoms with Crippen LogP contribution in [0.15, 0.2) is 39.6 Å². The summed E-state index contributed by atoms with van der Waals surface area (Å²) >= 11 is 0. The van der Waals surface area contributed by atoms with Crippen molar-refractivity contribution in [2.45, 2.75) is 38.5 Å². The van der Waals surface area contributed by atoms with Crippen LogP contribution in [0, 0.1) is 5.92 Å². The molecule has 24 heavy (non-hydrogen) atoms. The SMILES string of the molecule is CC1CCCC(c2noc(-c3cc4ccccc4c(=O)n3C)n2)C1. The molecule has 0 bridgehead atoms. The molecule has 1 fully saturated rings. The summed E-state index contributed by atoms with van der Waals surface area (Å²) in [6.45, 7) is 2.28. The predicted molar refractivity (Wildman–Crippen MR) is 92.9 cm³/mol. The Kier molecular flexibility index (Phi) is 3.71. The zero-order valence-electron chi connectivity index (χ0n) is 14.0. The van der Waals surface area contributed by atoms with Crippen LogP contribution in [-0.4, -0.2) is 14.7 Å². The minimum atomic E-state index is -0.0471. The standard InChI is InChI=1S/C19H21N3O2/c1-12-6-5-8-14(10-12)17-20-18(24-21-17)16-11-13-7-3-4-9-15(13)19(23)22(16)2/h3-4,7,9,11-12,14H,5-6,8,10H2,1-2H3. The lowest BCUT2D eigenvalue weighted by Gasteiger charge is -2.23. The maximum atomic E-state index is 12.5. The normalized spacial score (nSPS) is 21.2. The Morgan fingerprint density at radius 2 is 2.08 bits per heavy atom. The van der Waals surface area contributed by atoms with Crippen LogP contribution in [0.5, 0.6) is 0 Å². The van der Waals surface area contributed by atoms with Gasteiger partial charge in [-0.25, -0.2) is 0 Å². The molecule has 2 unspecified atom stereocenters. The van der Waals surface area contributed by atoms with Crippen molar-refractivity contribution in [3.63, 3.8) is 0 Å². The van der Waals surface area contributed by atoms with Gasteiger partial charge < -0.3 is 9.09 Å². The van der Waals surface area contributed by atoms with Gasteiger partial charge in [0.1, 0.15) is 5.69 Å². The molecule has 0 aliphatic heterocycles. The summed E-state index contributed by atoms with van der Waals surface area (Å²) in [4.78, 5) is 17.2. The van der Waals surface area contributed by atoms with E-state index in [4.69, 9.17) is 4.52 Å². The highest BCUT2D eigenvalue weighted by atomic mass is 16.5. The number of hydrogen-bond acceptors (Lipinski definition) is 4. The molecule has 3 aromatic rings. The number of fused-ring (bicyclic) bond motifs is 1. The van der Waals surface area contributed by atoms with Crippen LogP contribution < -0.4 is 5.56 Å². The fourth-order valence-corrected chi connectivity index (χ4v) is 3.73. The van der Waals surface area contributed by atoms with Gasteiger partial charge in [0.05, 0.1) is 0 Å². The smallest absolute Gasteiger partial charge is 0.274 e. The highest BCUT2D eigenvalue weighted by Gasteiger charge is 2.25. The molecule has 1 saturated carbocycles. The van der Waals surface area contributed by atoms with Crippen LogP contribution >= 0.6 is 0 Å². The van der Waals surface area contributed by atoms with Crippen LogP contribution in [0.3, 0.4) is 0 Å². The molecule has 1 aromatic carbocycles. The van der Waals surface area contributed by atoms with Crippen molar-refractivity contribution in [3.05, 3.63) is 46.5 Å². The summed E-state index contributed by atoms with van der Waals surface area (Å²) in [5.41, 5.74) is 0.621. The molecule has 4 rings (SSSR count). The molecular formula is C19H21N3O2. The molecule has 1 aliphatic rings. The molecule has 2 atom stereocenters. The largest absolute Gasteiger partial charge is 0.332 e. The molecular weight excluding hydrogens is 302 g/mol. The van der Waals surface area contributed by atoms with E-state index >= 15 is 0 Å². The van der Waals surface area contributed by atoms with Gasteiger partial charge in [-0.1, -0.05) is 43.1 Å². The van der Waals surface area contributed by atoms with E-state index in [1.807, 2.05) is 30.3 Å². The molecule has 2 heterocycles. The summed E-state index contributed by atoms with van der Waals surface area (Å²) in [5, 5.41) is 5.79. The second-order valence-corrected chi connectivity index (χ2v) is 6.91. The molecule has 0 radical (unpaired) electrons. The number of hydrogen-bond donors (Lipinski definition) is 0. The Bertz CT molecular complexity index is 941. The van der Waals surface area contributed by atoms with E-state index in [-0.39, 0.29) is 5.56 Å². The first-order valence-electron chi connectivity index (χ1n) is 8.56. The van der Waals surface area contributed by atoms with Crippen LogP contribution in [0.2, 0.25) is 0 Å². The Hall–Kier alpha value is -2.43. The lowest BCUT2D eigenvalue weighted by atomic mass is 9.82. The third kappa shape index (κ3) is 2.54. The lowest BCUT2D eigenvalue weighted by molar-refractivity contribution is 0.324. The lowest BCUT2D eigenvalue weighted by Crippen LogP contribution is -2.18. The molecule has 124 valence electrons. The maximum Gasteiger partial charge on any atom is 0.274 e. The summed E-state index contributed by atoms with van der Waals surface area (Å²) in [5.74, 6) is 2.27.